The van der Waals surface area contributed by atoms with E-state index in [4.69, 9.17) is 37.2 Å². The molecule has 2 fully saturated rings. The summed E-state index contributed by atoms with van der Waals surface area (Å²) in [6.07, 6.45) is -0.905. The molecule has 11 nitrogen and oxygen atoms in total. The Bertz CT molecular complexity index is 1070. The van der Waals surface area contributed by atoms with Crippen molar-refractivity contribution in [3.63, 3.8) is 0 Å². The average molecular weight is 530 g/mol. The molecule has 0 aromatic heterocycles. The third-order valence-corrected chi connectivity index (χ3v) is 6.13. The molecule has 35 heavy (non-hydrogen) atoms. The first-order chi connectivity index (χ1) is 16.4. The number of hydrogen-bond acceptors (Lipinski definition) is 9. The van der Waals surface area contributed by atoms with Gasteiger partial charge in [-0.15, -0.1) is 0 Å². The Morgan fingerprint density at radius 2 is 1.91 bits per heavy atom. The van der Waals surface area contributed by atoms with E-state index in [-0.39, 0.29) is 27.9 Å². The van der Waals surface area contributed by atoms with E-state index in [1.807, 2.05) is 13.8 Å². The second-order valence-corrected chi connectivity index (χ2v) is 9.59. The number of methoxy groups -OCH3 is 1. The van der Waals surface area contributed by atoms with Crippen LogP contribution in [0.15, 0.2) is 18.2 Å². The second-order valence-electron chi connectivity index (χ2n) is 8.74. The van der Waals surface area contributed by atoms with E-state index in [1.165, 1.54) is 18.2 Å². The first-order valence-corrected chi connectivity index (χ1v) is 11.5. The molecule has 3 atom stereocenters. The zero-order chi connectivity index (χ0) is 26.0. The van der Waals surface area contributed by atoms with Crippen LogP contribution in [0, 0.1) is 5.92 Å². The summed E-state index contributed by atoms with van der Waals surface area (Å²) >= 11 is 11.9. The van der Waals surface area contributed by atoms with Crippen LogP contribution < -0.4 is 10.6 Å². The van der Waals surface area contributed by atoms with E-state index < -0.39 is 67.4 Å². The molecule has 2 aliphatic rings. The predicted octanol–water partition coefficient (Wildman–Crippen LogP) is 1.55. The number of rotatable bonds is 9. The Hall–Kier alpha value is -2.83. The van der Waals surface area contributed by atoms with Crippen LogP contribution in [0.5, 0.6) is 0 Å². The molecule has 0 spiro atoms. The average Bonchev–Trinajstić information content (AvgIpc) is 2.98. The quantitative estimate of drug-likeness (QED) is 0.359. The fourth-order valence-electron chi connectivity index (χ4n) is 4.01. The highest BCUT2D eigenvalue weighted by atomic mass is 35.5. The molecule has 3 rings (SSSR count). The van der Waals surface area contributed by atoms with Crippen molar-refractivity contribution in [2.45, 2.75) is 44.7 Å². The first kappa shape index (κ1) is 26.8. The Morgan fingerprint density at radius 3 is 2.57 bits per heavy atom. The van der Waals surface area contributed by atoms with Crippen molar-refractivity contribution in [2.24, 2.45) is 5.92 Å². The van der Waals surface area contributed by atoms with Gasteiger partial charge < -0.3 is 29.3 Å². The maximum atomic E-state index is 12.7. The number of carbonyl (C=O) groups is 5. The summed E-state index contributed by atoms with van der Waals surface area (Å²) in [5.41, 5.74) is -1.82. The van der Waals surface area contributed by atoms with Crippen LogP contribution in [0.3, 0.4) is 0 Å². The van der Waals surface area contributed by atoms with Crippen LogP contribution in [-0.2, 0) is 37.9 Å². The minimum atomic E-state index is -3.12. The summed E-state index contributed by atoms with van der Waals surface area (Å²) in [6, 6.07) is 4.32. The number of halogens is 2. The molecule has 1 aromatic carbocycles. The van der Waals surface area contributed by atoms with E-state index in [0.717, 1.165) is 7.11 Å². The van der Waals surface area contributed by atoms with Crippen LogP contribution >= 0.6 is 23.2 Å². The molecule has 0 saturated carbocycles. The predicted molar refractivity (Wildman–Crippen MR) is 123 cm³/mol. The van der Waals surface area contributed by atoms with Crippen LogP contribution in [0.4, 0.5) is 0 Å². The van der Waals surface area contributed by atoms with Crippen LogP contribution in [0.1, 0.15) is 43.5 Å². The molecule has 2 amide bonds. The number of fused-ring (bicyclic) bond motifs is 2. The highest BCUT2D eigenvalue weighted by Crippen LogP contribution is 2.43. The number of benzene rings is 1. The number of esters is 1. The fourth-order valence-corrected chi connectivity index (χ4v) is 4.39. The third-order valence-electron chi connectivity index (χ3n) is 5.56. The summed E-state index contributed by atoms with van der Waals surface area (Å²) < 4.78 is 21.2. The lowest BCUT2D eigenvalue weighted by molar-refractivity contribution is -0.161. The van der Waals surface area contributed by atoms with Gasteiger partial charge in [-0.2, -0.15) is 0 Å². The number of amides is 2. The lowest BCUT2D eigenvalue weighted by Gasteiger charge is -2.46. The summed E-state index contributed by atoms with van der Waals surface area (Å²) in [5, 5.41) is 5.47. The number of hydrogen-bond donors (Lipinski definition) is 2. The lowest BCUT2D eigenvalue weighted by atomic mass is 9.64. The zero-order valence-corrected chi connectivity index (χ0v) is 20.7. The molecular weight excluding hydrogens is 506 g/mol. The van der Waals surface area contributed by atoms with Gasteiger partial charge in [0.25, 0.3) is 17.8 Å². The minimum Gasteiger partial charge on any atom is -0.632 e. The van der Waals surface area contributed by atoms with Crippen LogP contribution in [0.2, 0.25) is 10.0 Å². The summed E-state index contributed by atoms with van der Waals surface area (Å²) in [7, 11) is 1.13. The molecule has 2 bridgehead atoms. The largest absolute Gasteiger partial charge is 0.632 e. The van der Waals surface area contributed by atoms with Gasteiger partial charge in [-0.1, -0.05) is 43.5 Å². The third kappa shape index (κ3) is 5.88. The van der Waals surface area contributed by atoms with E-state index in [0.29, 0.717) is 0 Å². The van der Waals surface area contributed by atoms with Gasteiger partial charge in [0.2, 0.25) is 5.91 Å². The van der Waals surface area contributed by atoms with Crippen molar-refractivity contribution in [2.75, 3.05) is 13.7 Å². The second kappa shape index (κ2) is 10.4. The Labute approximate surface area is 211 Å². The zero-order valence-electron chi connectivity index (χ0n) is 19.2. The van der Waals surface area contributed by atoms with Gasteiger partial charge in [0.1, 0.15) is 5.60 Å². The molecule has 14 heteroatoms. The number of nitrogens with one attached hydrogen (secondary N) is 2. The molecule has 2 unspecified atom stereocenters. The van der Waals surface area contributed by atoms with Gasteiger partial charge in [0, 0.05) is 11.0 Å². The monoisotopic (exact) mass is 529 g/mol. The van der Waals surface area contributed by atoms with E-state index in [1.54, 1.807) is 0 Å². The van der Waals surface area contributed by atoms with Gasteiger partial charge in [0.05, 0.1) is 37.1 Å². The summed E-state index contributed by atoms with van der Waals surface area (Å²) in [6.45, 7) is 0.0715. The van der Waals surface area contributed by atoms with Crippen molar-refractivity contribution in [3.05, 3.63) is 33.8 Å². The topological polar surface area (TPSA) is 146 Å². The normalized spacial score (nSPS) is 23.8. The molecule has 0 aliphatic carbocycles. The molecule has 1 aromatic rings. The van der Waals surface area contributed by atoms with Gasteiger partial charge in [0.15, 0.2) is 0 Å². The molecular formula is C21H24BCl2N2O9-. The molecule has 2 aliphatic heterocycles. The van der Waals surface area contributed by atoms with Crippen molar-refractivity contribution < 1.29 is 42.7 Å². The molecule has 2 heterocycles. The van der Waals surface area contributed by atoms with Crippen LogP contribution in [0.25, 0.3) is 0 Å². The molecule has 2 saturated heterocycles. The summed E-state index contributed by atoms with van der Waals surface area (Å²) in [5.74, 6) is -5.02. The van der Waals surface area contributed by atoms with Crippen molar-refractivity contribution in [1.82, 2.24) is 10.6 Å². The number of ether oxygens (including phenoxy) is 1. The highest BCUT2D eigenvalue weighted by Gasteiger charge is 2.64. The van der Waals surface area contributed by atoms with E-state index in [9.17, 15) is 24.0 Å². The fraction of sp³-hybridized carbons (Fsp3) is 0.476. The molecule has 2 N–H and O–H groups in total. The Kier molecular flexibility index (Phi) is 7.98. The van der Waals surface area contributed by atoms with E-state index >= 15 is 0 Å². The van der Waals surface area contributed by atoms with Gasteiger partial charge >= 0.3 is 12.7 Å². The number of carbonyl (C=O) groups excluding carboxylic acids is 5. The van der Waals surface area contributed by atoms with Crippen molar-refractivity contribution >= 4 is 59.7 Å². The standard InChI is InChI=1S/C21H24BCl2N2O9/c1-11(2)6-15(26-16(27)10-25-19(30)13-7-12(23)4-5-14(13)24)22-33-18(29)9-21(35-22,20(31)34-22)8-17(28)32-3/h4-5,7,11,15H,6,8-10H2,1-3H3,(H,25,30)(H,26,27)/q-1/t15?,21-,22?/m0/s1. The maximum Gasteiger partial charge on any atom is 0.518 e. The van der Waals surface area contributed by atoms with Gasteiger partial charge in [-0.05, 0) is 24.1 Å². The Morgan fingerprint density at radius 1 is 1.20 bits per heavy atom. The SMILES string of the molecule is COC(=O)C[C@]12CC(=O)O[B-](C(CC(C)C)NC(=O)CNC(=O)c3cc(Cl)ccc3Cl)(OC1=O)O2. The Balaban J connectivity index is 1.76. The minimum absolute atomic E-state index is 0.0602. The maximum absolute atomic E-state index is 12.7. The molecule has 0 radical (unpaired) electrons. The summed E-state index contributed by atoms with van der Waals surface area (Å²) in [4.78, 5) is 62.1. The van der Waals surface area contributed by atoms with Gasteiger partial charge in [-0.3, -0.25) is 24.0 Å². The lowest BCUT2D eigenvalue weighted by Crippen LogP contribution is -2.65. The van der Waals surface area contributed by atoms with E-state index in [2.05, 4.69) is 15.4 Å². The van der Waals surface area contributed by atoms with Crippen molar-refractivity contribution in [1.29, 1.82) is 0 Å². The van der Waals surface area contributed by atoms with Crippen molar-refractivity contribution in [3.8, 4) is 0 Å². The molecule has 190 valence electrons. The highest BCUT2D eigenvalue weighted by molar-refractivity contribution is 6.68. The smallest absolute Gasteiger partial charge is 0.518 e. The van der Waals surface area contributed by atoms with Crippen LogP contribution in [-0.4, -0.2) is 61.7 Å². The first-order valence-electron chi connectivity index (χ1n) is 10.8. The van der Waals surface area contributed by atoms with Gasteiger partial charge in [-0.25, -0.2) is 0 Å².